The number of nitrogens with one attached hydrogen (secondary N) is 1. The van der Waals surface area contributed by atoms with E-state index >= 15 is 0 Å². The van der Waals surface area contributed by atoms with Crippen molar-refractivity contribution in [3.63, 3.8) is 0 Å². The van der Waals surface area contributed by atoms with E-state index in [0.29, 0.717) is 35.5 Å². The number of benzene rings is 1. The molecular weight excluding hydrogens is 302 g/mol. The molecule has 0 saturated carbocycles. The van der Waals surface area contributed by atoms with E-state index in [0.717, 1.165) is 13.0 Å². The van der Waals surface area contributed by atoms with E-state index in [9.17, 15) is 4.79 Å². The zero-order valence-corrected chi connectivity index (χ0v) is 13.9. The van der Waals surface area contributed by atoms with Crippen LogP contribution in [0.3, 0.4) is 0 Å². The second-order valence-electron chi connectivity index (χ2n) is 5.79. The molecule has 0 aliphatic carbocycles. The third-order valence-corrected chi connectivity index (χ3v) is 4.49. The Morgan fingerprint density at radius 1 is 1.55 bits per heavy atom. The Labute approximate surface area is 136 Å². The molecule has 0 spiro atoms. The molecule has 1 fully saturated rings. The van der Waals surface area contributed by atoms with Gasteiger partial charge in [0.15, 0.2) is 0 Å². The summed E-state index contributed by atoms with van der Waals surface area (Å²) >= 11 is 5.98. The van der Waals surface area contributed by atoms with Crippen LogP contribution in [0.1, 0.15) is 19.8 Å². The van der Waals surface area contributed by atoms with Crippen molar-refractivity contribution in [2.45, 2.75) is 25.8 Å². The molecule has 0 radical (unpaired) electrons. The minimum atomic E-state index is -0.0758. The molecular formula is C16H24ClN3O2. The standard InChI is InChI=1S/C16H24ClN3O2/c1-11-4-3-7-20(14(11)9-18)10-16(21)19-13-8-12(17)5-6-15(13)22-2/h5-6,8,11,14H,3-4,7,9-10,18H2,1-2H3,(H,19,21). The molecule has 1 amide bonds. The summed E-state index contributed by atoms with van der Waals surface area (Å²) in [4.78, 5) is 14.5. The molecule has 1 aliphatic rings. The number of piperidine rings is 1. The van der Waals surface area contributed by atoms with Crippen molar-refractivity contribution in [1.82, 2.24) is 4.90 Å². The van der Waals surface area contributed by atoms with Gasteiger partial charge in [0.05, 0.1) is 19.3 Å². The summed E-state index contributed by atoms with van der Waals surface area (Å²) in [6.07, 6.45) is 2.27. The molecule has 122 valence electrons. The first kappa shape index (κ1) is 17.1. The molecule has 3 N–H and O–H groups in total. The molecule has 2 rings (SSSR count). The molecule has 5 nitrogen and oxygen atoms in total. The number of likely N-dealkylation sites (tertiary alicyclic amines) is 1. The van der Waals surface area contributed by atoms with Gasteiger partial charge in [-0.2, -0.15) is 0 Å². The number of nitrogens with two attached hydrogens (primary N) is 1. The van der Waals surface area contributed by atoms with Gasteiger partial charge in [-0.1, -0.05) is 18.5 Å². The largest absolute Gasteiger partial charge is 0.495 e. The number of methoxy groups -OCH3 is 1. The Kier molecular flexibility index (Phi) is 6.06. The van der Waals surface area contributed by atoms with Crippen molar-refractivity contribution < 1.29 is 9.53 Å². The minimum absolute atomic E-state index is 0.0758. The number of rotatable bonds is 5. The van der Waals surface area contributed by atoms with Gasteiger partial charge in [-0.3, -0.25) is 9.69 Å². The number of carbonyl (C=O) groups is 1. The Balaban J connectivity index is 2.02. The molecule has 0 aromatic heterocycles. The summed E-state index contributed by atoms with van der Waals surface area (Å²) in [5, 5.41) is 3.44. The van der Waals surface area contributed by atoms with Crippen molar-refractivity contribution in [2.24, 2.45) is 11.7 Å². The zero-order valence-electron chi connectivity index (χ0n) is 13.1. The van der Waals surface area contributed by atoms with Gasteiger partial charge in [0, 0.05) is 17.6 Å². The number of ether oxygens (including phenoxy) is 1. The summed E-state index contributed by atoms with van der Waals surface area (Å²) in [7, 11) is 1.57. The fraction of sp³-hybridized carbons (Fsp3) is 0.562. The molecule has 1 heterocycles. The Morgan fingerprint density at radius 2 is 2.32 bits per heavy atom. The lowest BCUT2D eigenvalue weighted by Crippen LogP contribution is -2.51. The summed E-state index contributed by atoms with van der Waals surface area (Å²) in [5.74, 6) is 1.04. The van der Waals surface area contributed by atoms with Crippen LogP contribution in [0, 0.1) is 5.92 Å². The molecule has 1 aliphatic heterocycles. The summed E-state index contributed by atoms with van der Waals surface area (Å²) in [5.41, 5.74) is 6.46. The van der Waals surface area contributed by atoms with E-state index in [1.807, 2.05) is 0 Å². The Hall–Kier alpha value is -1.30. The first-order valence-electron chi connectivity index (χ1n) is 7.62. The zero-order chi connectivity index (χ0) is 16.1. The van der Waals surface area contributed by atoms with Crippen molar-refractivity contribution in [2.75, 3.05) is 32.1 Å². The maximum Gasteiger partial charge on any atom is 0.238 e. The third kappa shape index (κ3) is 4.12. The number of amides is 1. The predicted octanol–water partition coefficient (Wildman–Crippen LogP) is 2.35. The average molecular weight is 326 g/mol. The van der Waals surface area contributed by atoms with Crippen LogP contribution in [-0.4, -0.2) is 43.6 Å². The van der Waals surface area contributed by atoms with Gasteiger partial charge in [0.1, 0.15) is 5.75 Å². The van der Waals surface area contributed by atoms with E-state index in [-0.39, 0.29) is 11.9 Å². The number of anilines is 1. The summed E-state index contributed by atoms with van der Waals surface area (Å²) in [6.45, 7) is 4.02. The number of nitrogens with zero attached hydrogens (tertiary/aromatic N) is 1. The van der Waals surface area contributed by atoms with Gasteiger partial charge in [0.25, 0.3) is 0 Å². The van der Waals surface area contributed by atoms with Gasteiger partial charge in [0.2, 0.25) is 5.91 Å². The van der Waals surface area contributed by atoms with Crippen LogP contribution in [0.2, 0.25) is 5.02 Å². The highest BCUT2D eigenvalue weighted by Gasteiger charge is 2.28. The molecule has 1 aromatic carbocycles. The van der Waals surface area contributed by atoms with Crippen LogP contribution in [-0.2, 0) is 4.79 Å². The van der Waals surface area contributed by atoms with Gasteiger partial charge in [-0.05, 0) is 43.5 Å². The molecule has 22 heavy (non-hydrogen) atoms. The lowest BCUT2D eigenvalue weighted by atomic mass is 9.91. The highest BCUT2D eigenvalue weighted by atomic mass is 35.5. The molecule has 2 unspecified atom stereocenters. The maximum atomic E-state index is 12.3. The highest BCUT2D eigenvalue weighted by Crippen LogP contribution is 2.28. The summed E-state index contributed by atoms with van der Waals surface area (Å²) in [6, 6.07) is 5.43. The fourth-order valence-corrected chi connectivity index (χ4v) is 3.24. The van der Waals surface area contributed by atoms with Crippen LogP contribution in [0.4, 0.5) is 5.69 Å². The molecule has 1 saturated heterocycles. The van der Waals surface area contributed by atoms with E-state index in [2.05, 4.69) is 17.1 Å². The topological polar surface area (TPSA) is 67.6 Å². The smallest absolute Gasteiger partial charge is 0.238 e. The normalized spacial score (nSPS) is 22.4. The number of hydrogen-bond acceptors (Lipinski definition) is 4. The first-order valence-corrected chi connectivity index (χ1v) is 8.00. The third-order valence-electron chi connectivity index (χ3n) is 4.25. The Bertz CT molecular complexity index is 524. The van der Waals surface area contributed by atoms with E-state index in [4.69, 9.17) is 22.1 Å². The van der Waals surface area contributed by atoms with Crippen LogP contribution < -0.4 is 15.8 Å². The minimum Gasteiger partial charge on any atom is -0.495 e. The van der Waals surface area contributed by atoms with Crippen molar-refractivity contribution >= 4 is 23.2 Å². The van der Waals surface area contributed by atoms with Crippen molar-refractivity contribution in [1.29, 1.82) is 0 Å². The van der Waals surface area contributed by atoms with Gasteiger partial charge in [-0.15, -0.1) is 0 Å². The number of hydrogen-bond donors (Lipinski definition) is 2. The van der Waals surface area contributed by atoms with E-state index in [1.54, 1.807) is 25.3 Å². The van der Waals surface area contributed by atoms with Gasteiger partial charge in [-0.25, -0.2) is 0 Å². The fourth-order valence-electron chi connectivity index (χ4n) is 3.06. The van der Waals surface area contributed by atoms with Crippen molar-refractivity contribution in [3.05, 3.63) is 23.2 Å². The lowest BCUT2D eigenvalue weighted by molar-refractivity contribution is -0.118. The van der Waals surface area contributed by atoms with Crippen molar-refractivity contribution in [3.8, 4) is 5.75 Å². The molecule has 2 atom stereocenters. The van der Waals surface area contributed by atoms with Crippen LogP contribution in [0.15, 0.2) is 18.2 Å². The van der Waals surface area contributed by atoms with Crippen LogP contribution >= 0.6 is 11.6 Å². The molecule has 0 bridgehead atoms. The summed E-state index contributed by atoms with van der Waals surface area (Å²) < 4.78 is 5.24. The quantitative estimate of drug-likeness (QED) is 0.872. The monoisotopic (exact) mass is 325 g/mol. The number of carbonyl (C=O) groups excluding carboxylic acids is 1. The van der Waals surface area contributed by atoms with E-state index < -0.39 is 0 Å². The van der Waals surface area contributed by atoms with Crippen LogP contribution in [0.25, 0.3) is 0 Å². The van der Waals surface area contributed by atoms with Gasteiger partial charge < -0.3 is 15.8 Å². The number of halogens is 1. The highest BCUT2D eigenvalue weighted by molar-refractivity contribution is 6.31. The average Bonchev–Trinajstić information content (AvgIpc) is 2.47. The predicted molar refractivity (Wildman–Crippen MR) is 89.4 cm³/mol. The van der Waals surface area contributed by atoms with Crippen LogP contribution in [0.5, 0.6) is 5.75 Å². The van der Waals surface area contributed by atoms with Gasteiger partial charge >= 0.3 is 0 Å². The maximum absolute atomic E-state index is 12.3. The molecule has 6 heteroatoms. The SMILES string of the molecule is COc1ccc(Cl)cc1NC(=O)CN1CCCC(C)C1CN. The molecule has 1 aromatic rings. The second-order valence-corrected chi connectivity index (χ2v) is 6.22. The first-order chi connectivity index (χ1) is 10.5. The lowest BCUT2D eigenvalue weighted by Gasteiger charge is -2.38. The Morgan fingerprint density at radius 3 is 3.00 bits per heavy atom. The second kappa shape index (κ2) is 7.81. The van der Waals surface area contributed by atoms with E-state index in [1.165, 1.54) is 6.42 Å².